The quantitative estimate of drug-likeness (QED) is 0.745. The zero-order valence-corrected chi connectivity index (χ0v) is 15.0. The number of ether oxygens (including phenoxy) is 1. The molecule has 28 heavy (non-hydrogen) atoms. The molecule has 0 atom stereocenters. The van der Waals surface area contributed by atoms with E-state index in [2.05, 4.69) is 15.4 Å². The molecule has 2 fully saturated rings. The van der Waals surface area contributed by atoms with Gasteiger partial charge in [-0.1, -0.05) is 25.3 Å². The number of rotatable bonds is 5. The van der Waals surface area contributed by atoms with Crippen molar-refractivity contribution in [1.29, 1.82) is 0 Å². The van der Waals surface area contributed by atoms with Crippen molar-refractivity contribution in [2.75, 3.05) is 11.9 Å². The first-order chi connectivity index (χ1) is 13.2. The largest absolute Gasteiger partial charge is 0.573 e. The van der Waals surface area contributed by atoms with Crippen LogP contribution in [-0.2, 0) is 9.59 Å². The van der Waals surface area contributed by atoms with Gasteiger partial charge in [0.2, 0.25) is 5.91 Å². The van der Waals surface area contributed by atoms with Crippen molar-refractivity contribution in [3.05, 3.63) is 24.3 Å². The van der Waals surface area contributed by atoms with Crippen LogP contribution in [0.25, 0.3) is 0 Å². The fraction of sp³-hybridized carbons (Fsp3) is 0.500. The average Bonchev–Trinajstić information content (AvgIpc) is 2.82. The van der Waals surface area contributed by atoms with Crippen molar-refractivity contribution in [3.63, 3.8) is 0 Å². The van der Waals surface area contributed by atoms with E-state index in [-0.39, 0.29) is 24.6 Å². The molecule has 1 spiro atoms. The number of nitrogens with zero attached hydrogens (tertiary/aromatic N) is 1. The maximum Gasteiger partial charge on any atom is 0.573 e. The number of nitrogens with one attached hydrogen (secondary N) is 2. The van der Waals surface area contributed by atoms with Crippen LogP contribution in [0.2, 0.25) is 0 Å². The van der Waals surface area contributed by atoms with Gasteiger partial charge in [0.1, 0.15) is 11.3 Å². The highest BCUT2D eigenvalue weighted by molar-refractivity contribution is 6.07. The lowest BCUT2D eigenvalue weighted by Crippen LogP contribution is -2.48. The zero-order chi connectivity index (χ0) is 20.4. The zero-order valence-electron chi connectivity index (χ0n) is 15.0. The Kier molecular flexibility index (Phi) is 5.48. The Morgan fingerprint density at radius 3 is 2.61 bits per heavy atom. The highest BCUT2D eigenvalue weighted by Crippen LogP contribution is 2.33. The van der Waals surface area contributed by atoms with Crippen molar-refractivity contribution in [1.82, 2.24) is 10.2 Å². The molecular formula is C18H20F3N3O4. The SMILES string of the molecule is O=C(CCN1C(=O)NC2(CCCCC2)C1=O)Nc1cccc(OC(F)(F)F)c1. The summed E-state index contributed by atoms with van der Waals surface area (Å²) < 4.78 is 40.6. The van der Waals surface area contributed by atoms with Gasteiger partial charge in [-0.25, -0.2) is 4.79 Å². The fourth-order valence-electron chi connectivity index (χ4n) is 3.58. The summed E-state index contributed by atoms with van der Waals surface area (Å²) in [5.41, 5.74) is -0.734. The second-order valence-corrected chi connectivity index (χ2v) is 6.90. The maximum atomic E-state index is 12.6. The summed E-state index contributed by atoms with van der Waals surface area (Å²) >= 11 is 0. The van der Waals surface area contributed by atoms with Crippen LogP contribution in [-0.4, -0.2) is 41.2 Å². The molecule has 0 radical (unpaired) electrons. The van der Waals surface area contributed by atoms with Crippen molar-refractivity contribution < 1.29 is 32.3 Å². The van der Waals surface area contributed by atoms with Crippen LogP contribution in [0.3, 0.4) is 0 Å². The molecule has 1 heterocycles. The number of hydrogen-bond donors (Lipinski definition) is 2. The summed E-state index contributed by atoms with van der Waals surface area (Å²) in [7, 11) is 0. The van der Waals surface area contributed by atoms with E-state index in [1.807, 2.05) is 0 Å². The number of carbonyl (C=O) groups excluding carboxylic acids is 3. The Bertz CT molecular complexity index is 776. The molecule has 152 valence electrons. The molecule has 3 rings (SSSR count). The molecule has 1 saturated carbocycles. The Labute approximate surface area is 159 Å². The summed E-state index contributed by atoms with van der Waals surface area (Å²) in [6.45, 7) is -0.100. The van der Waals surface area contributed by atoms with Gasteiger partial charge in [0.05, 0.1) is 0 Å². The Balaban J connectivity index is 1.55. The molecule has 0 bridgehead atoms. The van der Waals surface area contributed by atoms with Gasteiger partial charge in [-0.2, -0.15) is 0 Å². The maximum absolute atomic E-state index is 12.6. The number of imide groups is 1. The third-order valence-electron chi connectivity index (χ3n) is 4.87. The van der Waals surface area contributed by atoms with E-state index in [9.17, 15) is 27.6 Å². The lowest BCUT2D eigenvalue weighted by atomic mass is 9.82. The first-order valence-corrected chi connectivity index (χ1v) is 8.98. The molecule has 10 heteroatoms. The molecule has 7 nitrogen and oxygen atoms in total. The summed E-state index contributed by atoms with van der Waals surface area (Å²) in [5.74, 6) is -1.31. The summed E-state index contributed by atoms with van der Waals surface area (Å²) in [4.78, 5) is 37.9. The number of halogens is 3. The lowest BCUT2D eigenvalue weighted by Gasteiger charge is -2.30. The summed E-state index contributed by atoms with van der Waals surface area (Å²) in [6.07, 6.45) is -1.09. The monoisotopic (exact) mass is 399 g/mol. The predicted molar refractivity (Wildman–Crippen MR) is 92.4 cm³/mol. The van der Waals surface area contributed by atoms with E-state index in [0.717, 1.165) is 36.3 Å². The third kappa shape index (κ3) is 4.55. The molecule has 0 unspecified atom stereocenters. The lowest BCUT2D eigenvalue weighted by molar-refractivity contribution is -0.274. The van der Waals surface area contributed by atoms with Gasteiger partial charge < -0.3 is 15.4 Å². The predicted octanol–water partition coefficient (Wildman–Crippen LogP) is 3.17. The molecule has 4 amide bonds. The van der Waals surface area contributed by atoms with Gasteiger partial charge in [-0.3, -0.25) is 14.5 Å². The molecule has 1 aromatic rings. The van der Waals surface area contributed by atoms with Gasteiger partial charge in [0.25, 0.3) is 5.91 Å². The smallest absolute Gasteiger partial charge is 0.406 e. The van der Waals surface area contributed by atoms with Crippen LogP contribution in [0.15, 0.2) is 24.3 Å². The molecule has 0 aromatic heterocycles. The van der Waals surface area contributed by atoms with Gasteiger partial charge in [0.15, 0.2) is 0 Å². The van der Waals surface area contributed by atoms with Crippen molar-refractivity contribution in [3.8, 4) is 5.75 Å². The van der Waals surface area contributed by atoms with Crippen LogP contribution < -0.4 is 15.4 Å². The van der Waals surface area contributed by atoms with E-state index >= 15 is 0 Å². The minimum atomic E-state index is -4.83. The van der Waals surface area contributed by atoms with Gasteiger partial charge >= 0.3 is 12.4 Å². The number of alkyl halides is 3. The van der Waals surface area contributed by atoms with E-state index in [0.29, 0.717) is 12.8 Å². The minimum Gasteiger partial charge on any atom is -0.406 e. The number of benzene rings is 1. The second-order valence-electron chi connectivity index (χ2n) is 6.90. The highest BCUT2D eigenvalue weighted by atomic mass is 19.4. The topological polar surface area (TPSA) is 87.7 Å². The number of carbonyl (C=O) groups is 3. The Morgan fingerprint density at radius 2 is 1.93 bits per heavy atom. The molecule has 1 aromatic carbocycles. The third-order valence-corrected chi connectivity index (χ3v) is 4.87. The number of urea groups is 1. The summed E-state index contributed by atoms with van der Waals surface area (Å²) in [6, 6.07) is 4.35. The summed E-state index contributed by atoms with van der Waals surface area (Å²) in [5, 5.41) is 5.19. The fourth-order valence-corrected chi connectivity index (χ4v) is 3.58. The van der Waals surface area contributed by atoms with Crippen LogP contribution in [0.1, 0.15) is 38.5 Å². The van der Waals surface area contributed by atoms with Crippen LogP contribution >= 0.6 is 0 Å². The molecule has 2 N–H and O–H groups in total. The molecule has 1 aliphatic heterocycles. The van der Waals surface area contributed by atoms with Crippen LogP contribution in [0, 0.1) is 0 Å². The minimum absolute atomic E-state index is 0.100. The van der Waals surface area contributed by atoms with E-state index in [1.54, 1.807) is 0 Å². The second kappa shape index (κ2) is 7.69. The van der Waals surface area contributed by atoms with Crippen LogP contribution in [0.4, 0.5) is 23.7 Å². The Morgan fingerprint density at radius 1 is 1.21 bits per heavy atom. The average molecular weight is 399 g/mol. The van der Waals surface area contributed by atoms with Crippen LogP contribution in [0.5, 0.6) is 5.75 Å². The first kappa shape index (κ1) is 20.0. The number of amides is 4. The molecular weight excluding hydrogens is 379 g/mol. The molecule has 1 aliphatic carbocycles. The van der Waals surface area contributed by atoms with E-state index in [1.165, 1.54) is 12.1 Å². The van der Waals surface area contributed by atoms with Gasteiger partial charge in [-0.05, 0) is 25.0 Å². The standard InChI is InChI=1S/C18H20F3N3O4/c19-18(20,21)28-13-6-4-5-12(11-13)22-14(25)7-10-24-15(26)17(23-16(24)27)8-2-1-3-9-17/h4-6,11H,1-3,7-10H2,(H,22,25)(H,23,27). The van der Waals surface area contributed by atoms with E-state index < -0.39 is 29.6 Å². The molecule has 1 saturated heterocycles. The molecule has 2 aliphatic rings. The first-order valence-electron chi connectivity index (χ1n) is 8.98. The van der Waals surface area contributed by atoms with Crippen molar-refractivity contribution in [2.45, 2.75) is 50.4 Å². The van der Waals surface area contributed by atoms with Crippen molar-refractivity contribution >= 4 is 23.5 Å². The number of anilines is 1. The highest BCUT2D eigenvalue weighted by Gasteiger charge is 2.51. The number of hydrogen-bond acceptors (Lipinski definition) is 4. The normalized spacial score (nSPS) is 18.9. The Hall–Kier alpha value is -2.78. The van der Waals surface area contributed by atoms with E-state index in [4.69, 9.17) is 0 Å². The van der Waals surface area contributed by atoms with Crippen molar-refractivity contribution in [2.24, 2.45) is 0 Å². The van der Waals surface area contributed by atoms with Gasteiger partial charge in [0, 0.05) is 24.7 Å². The van der Waals surface area contributed by atoms with Gasteiger partial charge in [-0.15, -0.1) is 13.2 Å².